The number of aromatic amines is 2. The Hall–Kier alpha value is -1.89. The van der Waals surface area contributed by atoms with Crippen LogP contribution in [-0.2, 0) is 0 Å². The van der Waals surface area contributed by atoms with Gasteiger partial charge in [-0.05, 0) is 25.8 Å². The van der Waals surface area contributed by atoms with E-state index >= 15 is 0 Å². The Morgan fingerprint density at radius 1 is 1.28 bits per heavy atom. The summed E-state index contributed by atoms with van der Waals surface area (Å²) in [5.41, 5.74) is -1.28. The predicted octanol–water partition coefficient (Wildman–Crippen LogP) is -1.06. The lowest BCUT2D eigenvalue weighted by Crippen LogP contribution is -2.32. The highest BCUT2D eigenvalue weighted by molar-refractivity contribution is 5.91. The van der Waals surface area contributed by atoms with Gasteiger partial charge in [0.05, 0.1) is 0 Å². The average molecular weight is 252 g/mol. The summed E-state index contributed by atoms with van der Waals surface area (Å²) < 4.78 is 0. The predicted molar refractivity (Wildman–Crippen MR) is 65.7 cm³/mol. The maximum absolute atomic E-state index is 11.6. The number of amides is 1. The molecule has 0 unspecified atom stereocenters. The molecule has 1 saturated carbocycles. The first-order valence-corrected chi connectivity index (χ1v) is 6.00. The molecule has 0 bridgehead atoms. The number of hydrogen-bond donors (Lipinski definition) is 4. The second-order valence-electron chi connectivity index (χ2n) is 4.34. The van der Waals surface area contributed by atoms with Crippen LogP contribution in [0.5, 0.6) is 0 Å². The van der Waals surface area contributed by atoms with E-state index in [0.717, 1.165) is 19.0 Å². The standard InChI is InChI=1S/C11H16N4O3/c16-9-6-8(14-11(18)15-9)10(17)13-5-1-4-12-7-2-3-7/h6-7,12H,1-5H2,(H,13,17)(H2,14,15,16,18). The van der Waals surface area contributed by atoms with Gasteiger partial charge in [-0.3, -0.25) is 14.6 Å². The summed E-state index contributed by atoms with van der Waals surface area (Å²) in [6.45, 7) is 1.37. The number of H-pyrrole nitrogens is 2. The molecule has 1 amide bonds. The summed E-state index contributed by atoms with van der Waals surface area (Å²) in [6.07, 6.45) is 3.29. The minimum Gasteiger partial charge on any atom is -0.351 e. The molecule has 1 aliphatic rings. The fourth-order valence-electron chi connectivity index (χ4n) is 1.57. The minimum atomic E-state index is -0.678. The quantitative estimate of drug-likeness (QED) is 0.484. The van der Waals surface area contributed by atoms with E-state index in [4.69, 9.17) is 0 Å². The fraction of sp³-hybridized carbons (Fsp3) is 0.545. The number of carbonyl (C=O) groups is 1. The van der Waals surface area contributed by atoms with Gasteiger partial charge in [0.1, 0.15) is 5.69 Å². The normalized spacial score (nSPS) is 14.4. The topological polar surface area (TPSA) is 107 Å². The molecule has 1 heterocycles. The molecular weight excluding hydrogens is 236 g/mol. The fourth-order valence-corrected chi connectivity index (χ4v) is 1.57. The van der Waals surface area contributed by atoms with Gasteiger partial charge >= 0.3 is 5.69 Å². The summed E-state index contributed by atoms with van der Waals surface area (Å²) in [5.74, 6) is -0.440. The van der Waals surface area contributed by atoms with Crippen LogP contribution in [0.4, 0.5) is 0 Å². The van der Waals surface area contributed by atoms with E-state index in [2.05, 4.69) is 15.6 Å². The maximum atomic E-state index is 11.6. The van der Waals surface area contributed by atoms with E-state index in [1.165, 1.54) is 12.8 Å². The van der Waals surface area contributed by atoms with Crippen LogP contribution in [0.1, 0.15) is 29.8 Å². The van der Waals surface area contributed by atoms with Gasteiger partial charge in [-0.25, -0.2) is 4.79 Å². The Morgan fingerprint density at radius 2 is 2.06 bits per heavy atom. The largest absolute Gasteiger partial charge is 0.351 e. The van der Waals surface area contributed by atoms with E-state index in [1.54, 1.807) is 0 Å². The van der Waals surface area contributed by atoms with Crippen LogP contribution in [0.25, 0.3) is 0 Å². The monoisotopic (exact) mass is 252 g/mol. The summed E-state index contributed by atoms with van der Waals surface area (Å²) >= 11 is 0. The molecule has 1 fully saturated rings. The maximum Gasteiger partial charge on any atom is 0.326 e. The Balaban J connectivity index is 1.75. The van der Waals surface area contributed by atoms with Crippen molar-refractivity contribution in [2.24, 2.45) is 0 Å². The van der Waals surface area contributed by atoms with E-state index in [9.17, 15) is 14.4 Å². The molecule has 98 valence electrons. The molecule has 0 radical (unpaired) electrons. The third-order valence-electron chi connectivity index (χ3n) is 2.65. The van der Waals surface area contributed by atoms with Gasteiger partial charge in [0.25, 0.3) is 11.5 Å². The molecule has 7 heteroatoms. The van der Waals surface area contributed by atoms with Gasteiger partial charge in [0.15, 0.2) is 0 Å². The molecule has 18 heavy (non-hydrogen) atoms. The van der Waals surface area contributed by atoms with Gasteiger partial charge in [-0.15, -0.1) is 0 Å². The zero-order valence-corrected chi connectivity index (χ0v) is 9.91. The lowest BCUT2D eigenvalue weighted by Gasteiger charge is -2.05. The van der Waals surface area contributed by atoms with E-state index < -0.39 is 17.2 Å². The number of nitrogens with one attached hydrogen (secondary N) is 4. The van der Waals surface area contributed by atoms with Crippen molar-refractivity contribution < 1.29 is 4.79 Å². The van der Waals surface area contributed by atoms with Crippen LogP contribution in [0.15, 0.2) is 15.7 Å². The molecule has 7 nitrogen and oxygen atoms in total. The van der Waals surface area contributed by atoms with Gasteiger partial charge in [-0.2, -0.15) is 0 Å². The molecule has 0 atom stereocenters. The Kier molecular flexibility index (Phi) is 3.93. The second-order valence-corrected chi connectivity index (χ2v) is 4.34. The van der Waals surface area contributed by atoms with Crippen molar-refractivity contribution in [1.29, 1.82) is 0 Å². The first-order valence-electron chi connectivity index (χ1n) is 6.00. The van der Waals surface area contributed by atoms with Crippen molar-refractivity contribution in [3.05, 3.63) is 32.6 Å². The van der Waals surface area contributed by atoms with E-state index in [1.807, 2.05) is 4.98 Å². The molecule has 0 aromatic carbocycles. The van der Waals surface area contributed by atoms with Gasteiger partial charge < -0.3 is 15.6 Å². The van der Waals surface area contributed by atoms with Crippen molar-refractivity contribution in [3.8, 4) is 0 Å². The van der Waals surface area contributed by atoms with Crippen LogP contribution in [0.2, 0.25) is 0 Å². The number of carbonyl (C=O) groups excluding carboxylic acids is 1. The lowest BCUT2D eigenvalue weighted by molar-refractivity contribution is 0.0947. The van der Waals surface area contributed by atoms with Crippen molar-refractivity contribution >= 4 is 5.91 Å². The molecule has 2 rings (SSSR count). The molecule has 1 aromatic rings. The Bertz CT molecular complexity index is 501. The molecule has 0 aliphatic heterocycles. The van der Waals surface area contributed by atoms with E-state index in [-0.39, 0.29) is 5.69 Å². The van der Waals surface area contributed by atoms with Crippen LogP contribution < -0.4 is 21.9 Å². The summed E-state index contributed by atoms with van der Waals surface area (Å²) in [4.78, 5) is 37.9. The van der Waals surface area contributed by atoms with Crippen molar-refractivity contribution in [3.63, 3.8) is 0 Å². The minimum absolute atomic E-state index is 0.0149. The van der Waals surface area contributed by atoms with Crippen LogP contribution in [-0.4, -0.2) is 35.0 Å². The first kappa shape index (κ1) is 12.6. The first-order chi connectivity index (χ1) is 8.65. The zero-order valence-electron chi connectivity index (χ0n) is 9.91. The third-order valence-corrected chi connectivity index (χ3v) is 2.65. The van der Waals surface area contributed by atoms with Crippen LogP contribution >= 0.6 is 0 Å². The van der Waals surface area contributed by atoms with Crippen LogP contribution in [0.3, 0.4) is 0 Å². The molecule has 0 saturated heterocycles. The SMILES string of the molecule is O=C(NCCCNC1CC1)c1cc(=O)[nH]c(=O)[nH]1. The molecular formula is C11H16N4O3. The zero-order chi connectivity index (χ0) is 13.0. The van der Waals surface area contributed by atoms with Crippen molar-refractivity contribution in [2.45, 2.75) is 25.3 Å². The van der Waals surface area contributed by atoms with Gasteiger partial charge in [0.2, 0.25) is 0 Å². The molecule has 1 aromatic heterocycles. The summed E-state index contributed by atoms with van der Waals surface area (Å²) in [7, 11) is 0. The third kappa shape index (κ3) is 3.85. The number of hydrogen-bond acceptors (Lipinski definition) is 4. The summed E-state index contributed by atoms with van der Waals surface area (Å²) in [5, 5.41) is 5.97. The number of aromatic nitrogens is 2. The average Bonchev–Trinajstić information content (AvgIpc) is 3.11. The molecule has 0 spiro atoms. The van der Waals surface area contributed by atoms with Crippen LogP contribution in [0, 0.1) is 0 Å². The number of rotatable bonds is 6. The van der Waals surface area contributed by atoms with E-state index in [0.29, 0.717) is 12.6 Å². The Morgan fingerprint density at radius 3 is 2.72 bits per heavy atom. The Labute approximate surface area is 103 Å². The highest BCUT2D eigenvalue weighted by Crippen LogP contribution is 2.18. The van der Waals surface area contributed by atoms with Gasteiger partial charge in [-0.1, -0.05) is 0 Å². The highest BCUT2D eigenvalue weighted by Gasteiger charge is 2.19. The highest BCUT2D eigenvalue weighted by atomic mass is 16.2. The second kappa shape index (κ2) is 5.63. The molecule has 1 aliphatic carbocycles. The van der Waals surface area contributed by atoms with Gasteiger partial charge in [0, 0.05) is 18.7 Å². The molecule has 4 N–H and O–H groups in total. The lowest BCUT2D eigenvalue weighted by atomic mass is 10.3. The smallest absolute Gasteiger partial charge is 0.326 e. The van der Waals surface area contributed by atoms with Crippen molar-refractivity contribution in [2.75, 3.05) is 13.1 Å². The van der Waals surface area contributed by atoms with Crippen molar-refractivity contribution in [1.82, 2.24) is 20.6 Å². The summed E-state index contributed by atoms with van der Waals surface area (Å²) in [6, 6.07) is 1.73.